The van der Waals surface area contributed by atoms with Gasteiger partial charge < -0.3 is 20.1 Å². The van der Waals surface area contributed by atoms with Gasteiger partial charge in [0.25, 0.3) is 0 Å². The molecule has 6 nitrogen and oxygen atoms in total. The Morgan fingerprint density at radius 1 is 1.18 bits per heavy atom. The number of phenols is 1. The van der Waals surface area contributed by atoms with Gasteiger partial charge in [0.1, 0.15) is 5.75 Å². The topological polar surface area (TPSA) is 85.5 Å². The second-order valence-corrected chi connectivity index (χ2v) is 5.48. The summed E-state index contributed by atoms with van der Waals surface area (Å²) in [6, 6.07) is 3.55. The van der Waals surface area contributed by atoms with Crippen LogP contribution in [0.4, 0.5) is 0 Å². The van der Waals surface area contributed by atoms with Gasteiger partial charge in [-0.1, -0.05) is 0 Å². The smallest absolute Gasteiger partial charge is 0.126 e. The van der Waals surface area contributed by atoms with E-state index in [1.807, 2.05) is 11.9 Å². The number of benzene rings is 1. The molecule has 1 heterocycles. The van der Waals surface area contributed by atoms with E-state index in [0.29, 0.717) is 24.3 Å². The summed E-state index contributed by atoms with van der Waals surface area (Å²) in [6.07, 6.45) is 1.54. The average molecular weight is 308 g/mol. The Hall–Kier alpha value is -1.63. The first kappa shape index (κ1) is 16.7. The zero-order valence-corrected chi connectivity index (χ0v) is 13.0. The number of rotatable bonds is 6. The van der Waals surface area contributed by atoms with Crippen LogP contribution in [0, 0.1) is 0 Å². The van der Waals surface area contributed by atoms with Crippen LogP contribution in [0.3, 0.4) is 0 Å². The second kappa shape index (κ2) is 8.12. The largest absolute Gasteiger partial charge is 0.507 e. The van der Waals surface area contributed by atoms with Crippen LogP contribution >= 0.6 is 0 Å². The number of aliphatic hydroxyl groups is 2. The fraction of sp³-hybridized carbons (Fsp3) is 0.562. The van der Waals surface area contributed by atoms with Crippen LogP contribution in [0.1, 0.15) is 30.0 Å². The van der Waals surface area contributed by atoms with Crippen LogP contribution in [-0.4, -0.2) is 52.3 Å². The van der Waals surface area contributed by atoms with Crippen molar-refractivity contribution < 1.29 is 20.1 Å². The summed E-state index contributed by atoms with van der Waals surface area (Å²) in [5.74, 6) is -0.0209. The first-order valence-electron chi connectivity index (χ1n) is 7.56. The van der Waals surface area contributed by atoms with Crippen LogP contribution < -0.4 is 0 Å². The first-order valence-corrected chi connectivity index (χ1v) is 7.56. The lowest BCUT2D eigenvalue weighted by molar-refractivity contribution is 0.0392. The molecule has 0 bridgehead atoms. The highest BCUT2D eigenvalue weighted by atomic mass is 16.5. The summed E-state index contributed by atoms with van der Waals surface area (Å²) in [4.78, 5) is 0. The number of hydrogen-bond donors (Lipinski definition) is 3. The number of hydrogen-bond acceptors (Lipinski definition) is 6. The lowest BCUT2D eigenvalue weighted by Gasteiger charge is -2.24. The maximum absolute atomic E-state index is 9.84. The van der Waals surface area contributed by atoms with Gasteiger partial charge in [-0.15, -0.1) is 0 Å². The fourth-order valence-corrected chi connectivity index (χ4v) is 2.49. The normalized spacial score (nSPS) is 16.1. The van der Waals surface area contributed by atoms with Gasteiger partial charge in [-0.3, -0.25) is 5.01 Å². The fourth-order valence-electron chi connectivity index (χ4n) is 2.49. The minimum absolute atomic E-state index is 0.0209. The van der Waals surface area contributed by atoms with Crippen molar-refractivity contribution >= 4 is 5.71 Å². The zero-order valence-electron chi connectivity index (χ0n) is 13.0. The highest BCUT2D eigenvalue weighted by Gasteiger charge is 2.10. The molecule has 0 atom stereocenters. The molecule has 1 aromatic carbocycles. The number of ether oxygens (including phenoxy) is 1. The maximum atomic E-state index is 9.84. The lowest BCUT2D eigenvalue weighted by Crippen LogP contribution is -2.32. The second-order valence-electron chi connectivity index (χ2n) is 5.48. The summed E-state index contributed by atoms with van der Waals surface area (Å²) in [5, 5.41) is 35.0. The van der Waals surface area contributed by atoms with E-state index in [4.69, 9.17) is 4.74 Å². The molecule has 1 aliphatic rings. The number of nitrogens with zero attached hydrogens (tertiary/aromatic N) is 2. The highest BCUT2D eigenvalue weighted by molar-refractivity contribution is 5.81. The summed E-state index contributed by atoms with van der Waals surface area (Å²) in [7, 11) is 0. The zero-order chi connectivity index (χ0) is 15.9. The van der Waals surface area contributed by atoms with Gasteiger partial charge >= 0.3 is 0 Å². The Morgan fingerprint density at radius 3 is 2.32 bits per heavy atom. The van der Waals surface area contributed by atoms with Crippen molar-refractivity contribution in [2.24, 2.45) is 5.10 Å². The maximum Gasteiger partial charge on any atom is 0.126 e. The van der Waals surface area contributed by atoms with E-state index in [1.54, 1.807) is 12.1 Å². The van der Waals surface area contributed by atoms with Gasteiger partial charge in [-0.2, -0.15) is 5.10 Å². The third-order valence-corrected chi connectivity index (χ3v) is 3.74. The van der Waals surface area contributed by atoms with Crippen molar-refractivity contribution in [2.45, 2.75) is 33.0 Å². The average Bonchev–Trinajstić information content (AvgIpc) is 2.54. The molecule has 1 saturated heterocycles. The highest BCUT2D eigenvalue weighted by Crippen LogP contribution is 2.25. The van der Waals surface area contributed by atoms with E-state index in [1.165, 1.54) is 0 Å². The van der Waals surface area contributed by atoms with Crippen molar-refractivity contribution in [3.8, 4) is 5.75 Å². The Balaban J connectivity index is 1.99. The molecule has 0 aromatic heterocycles. The Kier molecular flexibility index (Phi) is 6.18. The van der Waals surface area contributed by atoms with Gasteiger partial charge in [-0.05, 0) is 37.5 Å². The minimum atomic E-state index is -0.243. The standard InChI is InChI=1S/C16H24N2O4/c1-12(17-18-4-6-22-7-5-18)2-3-13-8-14(10-19)16(21)15(9-13)11-20/h8-9,19-21H,2-7,10-11H2,1H3. The third-order valence-electron chi connectivity index (χ3n) is 3.74. The van der Waals surface area contributed by atoms with Crippen molar-refractivity contribution in [1.82, 2.24) is 5.01 Å². The Labute approximate surface area is 130 Å². The number of aliphatic hydroxyl groups excluding tert-OH is 2. The molecule has 122 valence electrons. The van der Waals surface area contributed by atoms with Gasteiger partial charge in [0.2, 0.25) is 0 Å². The molecule has 0 radical (unpaired) electrons. The molecule has 1 aliphatic heterocycles. The summed E-state index contributed by atoms with van der Waals surface area (Å²) >= 11 is 0. The van der Waals surface area contributed by atoms with E-state index in [0.717, 1.165) is 37.2 Å². The quantitative estimate of drug-likeness (QED) is 0.683. The molecule has 0 spiro atoms. The van der Waals surface area contributed by atoms with Gasteiger partial charge in [0, 0.05) is 16.8 Å². The van der Waals surface area contributed by atoms with Crippen LogP contribution in [0.5, 0.6) is 5.75 Å². The predicted molar refractivity (Wildman–Crippen MR) is 83.8 cm³/mol. The molecular weight excluding hydrogens is 284 g/mol. The third kappa shape index (κ3) is 4.43. The minimum Gasteiger partial charge on any atom is -0.507 e. The van der Waals surface area contributed by atoms with Gasteiger partial charge in [-0.25, -0.2) is 0 Å². The molecule has 0 saturated carbocycles. The molecule has 0 unspecified atom stereocenters. The molecule has 1 aromatic rings. The predicted octanol–water partition coefficient (Wildman–Crippen LogP) is 1.02. The van der Waals surface area contributed by atoms with E-state index < -0.39 is 0 Å². The molecule has 0 amide bonds. The van der Waals surface area contributed by atoms with Crippen LogP contribution in [0.15, 0.2) is 17.2 Å². The number of hydrazone groups is 1. The number of aromatic hydroxyl groups is 1. The lowest BCUT2D eigenvalue weighted by atomic mass is 10.0. The summed E-state index contributed by atoms with van der Waals surface area (Å²) in [6.45, 7) is 4.58. The van der Waals surface area contributed by atoms with Crippen LogP contribution in [-0.2, 0) is 24.4 Å². The molecule has 2 rings (SSSR count). The number of morpholine rings is 1. The van der Waals surface area contributed by atoms with E-state index in [2.05, 4.69) is 5.10 Å². The molecule has 6 heteroatoms. The van der Waals surface area contributed by atoms with Crippen molar-refractivity contribution in [1.29, 1.82) is 0 Å². The van der Waals surface area contributed by atoms with E-state index >= 15 is 0 Å². The molecular formula is C16H24N2O4. The number of aryl methyl sites for hydroxylation is 1. The van der Waals surface area contributed by atoms with Gasteiger partial charge in [0.05, 0.1) is 39.5 Å². The van der Waals surface area contributed by atoms with Crippen molar-refractivity contribution in [2.75, 3.05) is 26.3 Å². The van der Waals surface area contributed by atoms with Crippen LogP contribution in [0.2, 0.25) is 0 Å². The molecule has 0 aliphatic carbocycles. The molecule has 22 heavy (non-hydrogen) atoms. The van der Waals surface area contributed by atoms with Crippen molar-refractivity contribution in [3.05, 3.63) is 28.8 Å². The Bertz CT molecular complexity index is 500. The van der Waals surface area contributed by atoms with E-state index in [-0.39, 0.29) is 19.0 Å². The monoisotopic (exact) mass is 308 g/mol. The summed E-state index contributed by atoms with van der Waals surface area (Å²) < 4.78 is 5.29. The van der Waals surface area contributed by atoms with Crippen LogP contribution in [0.25, 0.3) is 0 Å². The SMILES string of the molecule is CC(CCc1cc(CO)c(O)c(CO)c1)=NN1CCOCC1. The van der Waals surface area contributed by atoms with Gasteiger partial charge in [0.15, 0.2) is 0 Å². The summed E-state index contributed by atoms with van der Waals surface area (Å²) in [5.41, 5.74) is 2.90. The van der Waals surface area contributed by atoms with E-state index in [9.17, 15) is 15.3 Å². The first-order chi connectivity index (χ1) is 10.6. The Morgan fingerprint density at radius 2 is 1.77 bits per heavy atom. The van der Waals surface area contributed by atoms with Crippen molar-refractivity contribution in [3.63, 3.8) is 0 Å². The molecule has 3 N–H and O–H groups in total. The molecule has 1 fully saturated rings.